The molecule has 2 rings (SSSR count). The zero-order valence-corrected chi connectivity index (χ0v) is 12.5. The quantitative estimate of drug-likeness (QED) is 0.832. The largest absolute Gasteiger partial charge is 0.399 e. The molecule has 0 bridgehead atoms. The van der Waals surface area contributed by atoms with Gasteiger partial charge in [-0.25, -0.2) is 0 Å². The van der Waals surface area contributed by atoms with Crippen LogP contribution in [0.4, 0.5) is 11.4 Å². The fourth-order valence-corrected chi connectivity index (χ4v) is 1.93. The van der Waals surface area contributed by atoms with Crippen molar-refractivity contribution in [2.45, 2.75) is 13.5 Å². The molecule has 0 spiro atoms. The van der Waals surface area contributed by atoms with Crippen molar-refractivity contribution in [2.24, 2.45) is 0 Å². The van der Waals surface area contributed by atoms with E-state index in [1.165, 1.54) is 0 Å². The Balaban J connectivity index is 1.82. The second kappa shape index (κ2) is 7.11. The summed E-state index contributed by atoms with van der Waals surface area (Å²) in [6.07, 6.45) is 0. The number of hydrogen-bond donors (Lipinski definition) is 2. The van der Waals surface area contributed by atoms with Gasteiger partial charge in [0, 0.05) is 16.4 Å². The first-order valence-electron chi connectivity index (χ1n) is 6.53. The van der Waals surface area contributed by atoms with Gasteiger partial charge < -0.3 is 15.8 Å². The van der Waals surface area contributed by atoms with Crippen LogP contribution in [0.3, 0.4) is 0 Å². The van der Waals surface area contributed by atoms with Gasteiger partial charge >= 0.3 is 0 Å². The minimum atomic E-state index is -0.210. The lowest BCUT2D eigenvalue weighted by Gasteiger charge is -2.09. The van der Waals surface area contributed by atoms with E-state index >= 15 is 0 Å². The number of benzene rings is 2. The summed E-state index contributed by atoms with van der Waals surface area (Å²) in [6, 6.07) is 12.7. The molecular weight excluding hydrogens is 288 g/mol. The van der Waals surface area contributed by atoms with Crippen LogP contribution in [0.25, 0.3) is 0 Å². The third-order valence-electron chi connectivity index (χ3n) is 2.95. The van der Waals surface area contributed by atoms with Crippen LogP contribution in [0.1, 0.15) is 11.1 Å². The topological polar surface area (TPSA) is 64.3 Å². The Kier molecular flexibility index (Phi) is 5.20. The number of nitrogen functional groups attached to an aromatic ring is 1. The molecule has 0 saturated carbocycles. The van der Waals surface area contributed by atoms with E-state index in [0.29, 0.717) is 23.0 Å². The number of carbonyl (C=O) groups is 1. The molecule has 0 fully saturated rings. The SMILES string of the molecule is Cc1ccc(N)cc1NC(=O)COCc1ccc(Cl)cc1. The molecule has 2 aromatic carbocycles. The number of nitrogens with one attached hydrogen (secondary N) is 1. The van der Waals surface area contributed by atoms with Crippen molar-refractivity contribution >= 4 is 28.9 Å². The smallest absolute Gasteiger partial charge is 0.250 e. The third kappa shape index (κ3) is 4.77. The summed E-state index contributed by atoms with van der Waals surface area (Å²) in [6.45, 7) is 2.25. The van der Waals surface area contributed by atoms with Crippen molar-refractivity contribution in [2.75, 3.05) is 17.7 Å². The molecule has 0 atom stereocenters. The molecular formula is C16H17ClN2O2. The summed E-state index contributed by atoms with van der Waals surface area (Å²) < 4.78 is 5.38. The standard InChI is InChI=1S/C16H17ClN2O2/c1-11-2-7-14(18)8-15(11)19-16(20)10-21-9-12-3-5-13(17)6-4-12/h2-8H,9-10,18H2,1H3,(H,19,20). The Bertz CT molecular complexity index is 627. The fraction of sp³-hybridized carbons (Fsp3) is 0.188. The number of anilines is 2. The van der Waals surface area contributed by atoms with Crippen molar-refractivity contribution in [1.82, 2.24) is 0 Å². The number of rotatable bonds is 5. The van der Waals surface area contributed by atoms with Gasteiger partial charge in [0.05, 0.1) is 6.61 Å². The lowest BCUT2D eigenvalue weighted by molar-refractivity contribution is -0.121. The van der Waals surface area contributed by atoms with Crippen LogP contribution in [0.2, 0.25) is 5.02 Å². The molecule has 0 unspecified atom stereocenters. The van der Waals surface area contributed by atoms with E-state index in [1.807, 2.05) is 25.1 Å². The van der Waals surface area contributed by atoms with Crippen LogP contribution in [-0.4, -0.2) is 12.5 Å². The Morgan fingerprint density at radius 2 is 1.95 bits per heavy atom. The third-order valence-corrected chi connectivity index (χ3v) is 3.20. The number of ether oxygens (including phenoxy) is 1. The van der Waals surface area contributed by atoms with Gasteiger partial charge in [-0.2, -0.15) is 0 Å². The second-order valence-electron chi connectivity index (χ2n) is 4.74. The maximum atomic E-state index is 11.8. The maximum absolute atomic E-state index is 11.8. The number of hydrogen-bond acceptors (Lipinski definition) is 3. The van der Waals surface area contributed by atoms with Gasteiger partial charge in [0.1, 0.15) is 6.61 Å². The van der Waals surface area contributed by atoms with Crippen LogP contribution in [0.15, 0.2) is 42.5 Å². The van der Waals surface area contributed by atoms with Crippen molar-refractivity contribution < 1.29 is 9.53 Å². The lowest BCUT2D eigenvalue weighted by Crippen LogP contribution is -2.18. The molecule has 4 nitrogen and oxygen atoms in total. The second-order valence-corrected chi connectivity index (χ2v) is 5.18. The molecule has 21 heavy (non-hydrogen) atoms. The molecule has 0 aliphatic carbocycles. The zero-order valence-electron chi connectivity index (χ0n) is 11.7. The lowest BCUT2D eigenvalue weighted by atomic mass is 10.2. The number of halogens is 1. The molecule has 0 saturated heterocycles. The van der Waals surface area contributed by atoms with Gasteiger partial charge in [-0.15, -0.1) is 0 Å². The molecule has 2 aromatic rings. The summed E-state index contributed by atoms with van der Waals surface area (Å²) >= 11 is 5.80. The highest BCUT2D eigenvalue weighted by molar-refractivity contribution is 6.30. The maximum Gasteiger partial charge on any atom is 0.250 e. The molecule has 0 radical (unpaired) electrons. The van der Waals surface area contributed by atoms with E-state index in [2.05, 4.69) is 5.32 Å². The first-order chi connectivity index (χ1) is 10.0. The highest BCUT2D eigenvalue weighted by Gasteiger charge is 2.05. The zero-order chi connectivity index (χ0) is 15.2. The normalized spacial score (nSPS) is 10.4. The summed E-state index contributed by atoms with van der Waals surface area (Å²) in [5.74, 6) is -0.210. The van der Waals surface area contributed by atoms with Gasteiger partial charge in [-0.3, -0.25) is 4.79 Å². The molecule has 0 aromatic heterocycles. The van der Waals surface area contributed by atoms with Crippen molar-refractivity contribution in [3.63, 3.8) is 0 Å². The van der Waals surface area contributed by atoms with Crippen LogP contribution < -0.4 is 11.1 Å². The Hall–Kier alpha value is -2.04. The number of carbonyl (C=O) groups excluding carboxylic acids is 1. The average molecular weight is 305 g/mol. The van der Waals surface area contributed by atoms with Gasteiger partial charge in [-0.1, -0.05) is 29.8 Å². The molecule has 1 amide bonds. The summed E-state index contributed by atoms with van der Waals surface area (Å²) in [5.41, 5.74) is 8.93. The molecule has 110 valence electrons. The van der Waals surface area contributed by atoms with E-state index in [-0.39, 0.29) is 12.5 Å². The van der Waals surface area contributed by atoms with Gasteiger partial charge in [0.15, 0.2) is 0 Å². The molecule has 0 aliphatic rings. The Morgan fingerprint density at radius 3 is 2.67 bits per heavy atom. The molecule has 0 aliphatic heterocycles. The van der Waals surface area contributed by atoms with Crippen molar-refractivity contribution in [1.29, 1.82) is 0 Å². The van der Waals surface area contributed by atoms with Gasteiger partial charge in [0.25, 0.3) is 0 Å². The van der Waals surface area contributed by atoms with Gasteiger partial charge in [0.2, 0.25) is 5.91 Å². The van der Waals surface area contributed by atoms with Crippen LogP contribution in [0, 0.1) is 6.92 Å². The summed E-state index contributed by atoms with van der Waals surface area (Å²) in [5, 5.41) is 3.46. The minimum absolute atomic E-state index is 0.0170. The number of aryl methyl sites for hydroxylation is 1. The van der Waals surface area contributed by atoms with Gasteiger partial charge in [-0.05, 0) is 42.3 Å². The highest BCUT2D eigenvalue weighted by Crippen LogP contribution is 2.18. The molecule has 3 N–H and O–H groups in total. The van der Waals surface area contributed by atoms with Crippen LogP contribution in [0.5, 0.6) is 0 Å². The van der Waals surface area contributed by atoms with Crippen LogP contribution in [-0.2, 0) is 16.1 Å². The van der Waals surface area contributed by atoms with Crippen LogP contribution >= 0.6 is 11.6 Å². The van der Waals surface area contributed by atoms with E-state index in [1.54, 1.807) is 24.3 Å². The first-order valence-corrected chi connectivity index (χ1v) is 6.90. The van der Waals surface area contributed by atoms with E-state index in [9.17, 15) is 4.79 Å². The summed E-state index contributed by atoms with van der Waals surface area (Å²) in [4.78, 5) is 11.8. The van der Waals surface area contributed by atoms with Crippen molar-refractivity contribution in [3.8, 4) is 0 Å². The monoisotopic (exact) mass is 304 g/mol. The van der Waals surface area contributed by atoms with E-state index in [4.69, 9.17) is 22.1 Å². The molecule has 0 heterocycles. The predicted octanol–water partition coefficient (Wildman–Crippen LogP) is 3.39. The fourth-order valence-electron chi connectivity index (χ4n) is 1.80. The predicted molar refractivity (Wildman–Crippen MR) is 85.3 cm³/mol. The Morgan fingerprint density at radius 1 is 1.24 bits per heavy atom. The Labute approximate surface area is 128 Å². The number of amides is 1. The van der Waals surface area contributed by atoms with E-state index in [0.717, 1.165) is 11.1 Å². The first kappa shape index (κ1) is 15.4. The molecule has 5 heteroatoms. The minimum Gasteiger partial charge on any atom is -0.399 e. The highest BCUT2D eigenvalue weighted by atomic mass is 35.5. The van der Waals surface area contributed by atoms with E-state index < -0.39 is 0 Å². The number of nitrogens with two attached hydrogens (primary N) is 1. The van der Waals surface area contributed by atoms with Crippen molar-refractivity contribution in [3.05, 3.63) is 58.6 Å². The average Bonchev–Trinajstić information content (AvgIpc) is 2.45. The summed E-state index contributed by atoms with van der Waals surface area (Å²) in [7, 11) is 0.